The van der Waals surface area contributed by atoms with Gasteiger partial charge in [0.05, 0.1) is 23.5 Å². The second kappa shape index (κ2) is 8.39. The molecule has 146 valence electrons. The summed E-state index contributed by atoms with van der Waals surface area (Å²) in [4.78, 5) is 42.2. The van der Waals surface area contributed by atoms with Crippen LogP contribution in [0.25, 0.3) is 0 Å². The van der Waals surface area contributed by atoms with Gasteiger partial charge in [-0.3, -0.25) is 19.4 Å². The van der Waals surface area contributed by atoms with E-state index >= 15 is 0 Å². The Morgan fingerprint density at radius 3 is 2.57 bits per heavy atom. The molecule has 0 aliphatic carbocycles. The van der Waals surface area contributed by atoms with Crippen LogP contribution in [-0.4, -0.2) is 34.2 Å². The summed E-state index contributed by atoms with van der Waals surface area (Å²) in [5, 5.41) is 3.12. The van der Waals surface area contributed by atoms with Gasteiger partial charge in [-0.15, -0.1) is 0 Å². The van der Waals surface area contributed by atoms with Crippen molar-refractivity contribution in [2.24, 2.45) is 11.7 Å². The van der Waals surface area contributed by atoms with E-state index < -0.39 is 17.7 Å². The van der Waals surface area contributed by atoms with Gasteiger partial charge in [0.25, 0.3) is 0 Å². The maximum Gasteiger partial charge on any atom is 0.313 e. The fraction of sp³-hybridized carbons (Fsp3) is 0.300. The molecule has 3 N–H and O–H groups in total. The zero-order valence-corrected chi connectivity index (χ0v) is 16.1. The maximum atomic E-state index is 12.9. The summed E-state index contributed by atoms with van der Waals surface area (Å²) in [5.74, 6) is -1.78. The molecule has 1 aliphatic rings. The number of nitrogens with two attached hydrogens (primary N) is 1. The number of primary amides is 1. The van der Waals surface area contributed by atoms with Crippen LogP contribution in [0.5, 0.6) is 0 Å². The molecule has 28 heavy (non-hydrogen) atoms. The first-order chi connectivity index (χ1) is 13.3. The summed E-state index contributed by atoms with van der Waals surface area (Å²) in [6.07, 6.45) is 4.37. The number of anilines is 1. The highest BCUT2D eigenvalue weighted by Crippen LogP contribution is 2.34. The zero-order valence-electron chi connectivity index (χ0n) is 15.4. The van der Waals surface area contributed by atoms with Crippen molar-refractivity contribution in [1.29, 1.82) is 0 Å². The van der Waals surface area contributed by atoms with Gasteiger partial charge in [0.1, 0.15) is 0 Å². The zero-order chi connectivity index (χ0) is 20.3. The number of carbonyl (C=O) groups is 3. The van der Waals surface area contributed by atoms with Crippen molar-refractivity contribution in [1.82, 2.24) is 9.88 Å². The second-order valence-corrected chi connectivity index (χ2v) is 7.42. The van der Waals surface area contributed by atoms with Gasteiger partial charge in [-0.1, -0.05) is 30.7 Å². The molecule has 2 atom stereocenters. The molecule has 0 saturated carbocycles. The largest absolute Gasteiger partial charge is 0.366 e. The first kappa shape index (κ1) is 19.8. The third kappa shape index (κ3) is 4.48. The Balaban J connectivity index is 1.79. The topological polar surface area (TPSA) is 105 Å². The van der Waals surface area contributed by atoms with Crippen molar-refractivity contribution < 1.29 is 14.4 Å². The van der Waals surface area contributed by atoms with E-state index in [-0.39, 0.29) is 17.3 Å². The number of nitrogens with one attached hydrogen (secondary N) is 1. The van der Waals surface area contributed by atoms with E-state index in [2.05, 4.69) is 17.2 Å². The fourth-order valence-electron chi connectivity index (χ4n) is 3.37. The predicted octanol–water partition coefficient (Wildman–Crippen LogP) is 2.77. The van der Waals surface area contributed by atoms with Crippen LogP contribution in [0.3, 0.4) is 0 Å². The monoisotopic (exact) mass is 400 g/mol. The molecule has 0 radical (unpaired) electrons. The van der Waals surface area contributed by atoms with Crippen molar-refractivity contribution in [3.05, 3.63) is 58.9 Å². The molecule has 1 aliphatic heterocycles. The highest BCUT2D eigenvalue weighted by molar-refractivity contribution is 6.39. The fourth-order valence-corrected chi connectivity index (χ4v) is 3.49. The summed E-state index contributed by atoms with van der Waals surface area (Å²) in [7, 11) is 0. The molecule has 1 aromatic carbocycles. The van der Waals surface area contributed by atoms with E-state index in [4.69, 9.17) is 17.3 Å². The number of hydrogen-bond acceptors (Lipinski definition) is 4. The quantitative estimate of drug-likeness (QED) is 0.772. The molecule has 1 saturated heterocycles. The summed E-state index contributed by atoms with van der Waals surface area (Å²) in [6, 6.07) is 8.50. The number of aromatic nitrogens is 1. The third-order valence-electron chi connectivity index (χ3n) is 4.81. The van der Waals surface area contributed by atoms with E-state index in [1.807, 2.05) is 12.1 Å². The van der Waals surface area contributed by atoms with Gasteiger partial charge in [0, 0.05) is 17.8 Å². The van der Waals surface area contributed by atoms with Crippen molar-refractivity contribution >= 4 is 35.0 Å². The molecule has 1 fully saturated rings. The van der Waals surface area contributed by atoms with Crippen molar-refractivity contribution in [3.8, 4) is 0 Å². The van der Waals surface area contributed by atoms with E-state index in [0.717, 1.165) is 18.4 Å². The van der Waals surface area contributed by atoms with Gasteiger partial charge in [-0.2, -0.15) is 0 Å². The smallest absolute Gasteiger partial charge is 0.313 e. The maximum absolute atomic E-state index is 12.9. The Morgan fingerprint density at radius 2 is 1.89 bits per heavy atom. The van der Waals surface area contributed by atoms with E-state index in [1.54, 1.807) is 17.0 Å². The summed E-state index contributed by atoms with van der Waals surface area (Å²) < 4.78 is 0. The molecular formula is C20H21ClN4O3. The first-order valence-corrected chi connectivity index (χ1v) is 9.35. The van der Waals surface area contributed by atoms with Crippen LogP contribution >= 0.6 is 11.6 Å². The first-order valence-electron chi connectivity index (χ1n) is 8.97. The molecule has 3 amide bonds. The number of piperidine rings is 1. The Morgan fingerprint density at radius 1 is 1.18 bits per heavy atom. The standard InChI is InChI=1S/C20H21ClN4O3/c1-12-2-7-17(13-3-5-15(21)6-4-13)25(11-12)20(28)19(27)24-16-8-14(18(22)26)9-23-10-16/h3-6,8-10,12,17H,2,7,11H2,1H3,(H2,22,26)(H,24,27)/t12-,17?/m0/s1. The van der Waals surface area contributed by atoms with E-state index in [1.165, 1.54) is 18.5 Å². The molecule has 1 aromatic heterocycles. The summed E-state index contributed by atoms with van der Waals surface area (Å²) in [6.45, 7) is 2.54. The lowest BCUT2D eigenvalue weighted by Gasteiger charge is -2.38. The van der Waals surface area contributed by atoms with Gasteiger partial charge in [0.15, 0.2) is 0 Å². The molecular weight excluding hydrogens is 380 g/mol. The number of pyridine rings is 1. The van der Waals surface area contributed by atoms with Crippen molar-refractivity contribution in [2.75, 3.05) is 11.9 Å². The Labute approximate surface area is 167 Å². The summed E-state index contributed by atoms with van der Waals surface area (Å²) >= 11 is 5.96. The van der Waals surface area contributed by atoms with Crippen LogP contribution in [0, 0.1) is 5.92 Å². The number of halogens is 1. The number of rotatable bonds is 3. The number of hydrogen-bond donors (Lipinski definition) is 2. The van der Waals surface area contributed by atoms with Gasteiger partial charge < -0.3 is 16.0 Å². The van der Waals surface area contributed by atoms with Crippen molar-refractivity contribution in [2.45, 2.75) is 25.8 Å². The van der Waals surface area contributed by atoms with Crippen LogP contribution in [0.15, 0.2) is 42.7 Å². The van der Waals surface area contributed by atoms with Gasteiger partial charge in [0.2, 0.25) is 5.91 Å². The number of benzene rings is 1. The molecule has 2 heterocycles. The van der Waals surface area contributed by atoms with Crippen LogP contribution in [0.2, 0.25) is 5.02 Å². The molecule has 8 heteroatoms. The average Bonchev–Trinajstić information content (AvgIpc) is 2.68. The Hall–Kier alpha value is -2.93. The van der Waals surface area contributed by atoms with Gasteiger partial charge in [-0.25, -0.2) is 0 Å². The third-order valence-corrected chi connectivity index (χ3v) is 5.06. The van der Waals surface area contributed by atoms with Crippen LogP contribution in [0.4, 0.5) is 5.69 Å². The highest BCUT2D eigenvalue weighted by Gasteiger charge is 2.34. The second-order valence-electron chi connectivity index (χ2n) is 6.99. The Kier molecular flexibility index (Phi) is 5.94. The lowest BCUT2D eigenvalue weighted by molar-refractivity contribution is -0.146. The molecule has 0 spiro atoms. The SMILES string of the molecule is C[C@H]1CCC(c2ccc(Cl)cc2)N(C(=O)C(=O)Nc2cncc(C(N)=O)c2)C1. The normalized spacial score (nSPS) is 19.1. The lowest BCUT2D eigenvalue weighted by Crippen LogP contribution is -2.46. The summed E-state index contributed by atoms with van der Waals surface area (Å²) in [5.41, 5.74) is 6.55. The molecule has 7 nitrogen and oxygen atoms in total. The van der Waals surface area contributed by atoms with Crippen LogP contribution in [-0.2, 0) is 9.59 Å². The minimum absolute atomic E-state index is 0.149. The molecule has 0 bridgehead atoms. The lowest BCUT2D eigenvalue weighted by atomic mass is 9.90. The number of likely N-dealkylation sites (tertiary alicyclic amines) is 1. The van der Waals surface area contributed by atoms with Crippen LogP contribution < -0.4 is 11.1 Å². The number of amides is 3. The highest BCUT2D eigenvalue weighted by atomic mass is 35.5. The van der Waals surface area contributed by atoms with Gasteiger partial charge in [-0.05, 0) is 42.5 Å². The van der Waals surface area contributed by atoms with Gasteiger partial charge >= 0.3 is 11.8 Å². The molecule has 2 aromatic rings. The van der Waals surface area contributed by atoms with Crippen LogP contribution in [0.1, 0.15) is 41.7 Å². The minimum atomic E-state index is -0.781. The average molecular weight is 401 g/mol. The minimum Gasteiger partial charge on any atom is -0.366 e. The molecule has 3 rings (SSSR count). The van der Waals surface area contributed by atoms with Crippen molar-refractivity contribution in [3.63, 3.8) is 0 Å². The Bertz CT molecular complexity index is 901. The predicted molar refractivity (Wildman–Crippen MR) is 106 cm³/mol. The van der Waals surface area contributed by atoms with E-state index in [0.29, 0.717) is 17.5 Å². The number of carbonyl (C=O) groups excluding carboxylic acids is 3. The molecule has 1 unspecified atom stereocenters. The van der Waals surface area contributed by atoms with E-state index in [9.17, 15) is 14.4 Å². The number of nitrogens with zero attached hydrogens (tertiary/aromatic N) is 2.